The van der Waals surface area contributed by atoms with Gasteiger partial charge in [-0.2, -0.15) is 0 Å². The van der Waals surface area contributed by atoms with Crippen molar-refractivity contribution >= 4 is 6.09 Å². The minimum Gasteiger partial charge on any atom is -0.453 e. The summed E-state index contributed by atoms with van der Waals surface area (Å²) in [5.74, 6) is 0. The van der Waals surface area contributed by atoms with E-state index < -0.39 is 6.09 Å². The molecule has 2 N–H and O–H groups in total. The zero-order chi connectivity index (χ0) is 13.6. The topological polar surface area (TPSA) is 77.0 Å². The lowest BCUT2D eigenvalue weighted by atomic mass is 10.2. The Labute approximate surface area is 109 Å². The van der Waals surface area contributed by atoms with Crippen LogP contribution in [0.2, 0.25) is 0 Å². The van der Waals surface area contributed by atoms with Gasteiger partial charge in [-0.25, -0.2) is 4.79 Å². The van der Waals surface area contributed by atoms with Gasteiger partial charge in [0.25, 0.3) is 0 Å². The van der Waals surface area contributed by atoms with Crippen molar-refractivity contribution in [2.45, 2.75) is 32.3 Å². The number of nitrogens with one attached hydrogen (secondary N) is 1. The van der Waals surface area contributed by atoms with E-state index in [1.165, 1.54) is 7.11 Å². The molecule has 0 radical (unpaired) electrons. The summed E-state index contributed by atoms with van der Waals surface area (Å²) in [5.41, 5.74) is 0. The molecule has 0 aliphatic rings. The van der Waals surface area contributed by atoms with Crippen LogP contribution >= 0.6 is 0 Å². The summed E-state index contributed by atoms with van der Waals surface area (Å²) in [4.78, 5) is 10.7. The number of rotatable bonds is 11. The SMILES string of the molecule is CCCCC(O)COCCOCCNC(=O)OC. The molecule has 6 heteroatoms. The molecule has 0 rings (SSSR count). The van der Waals surface area contributed by atoms with Crippen molar-refractivity contribution in [3.8, 4) is 0 Å². The zero-order valence-electron chi connectivity index (χ0n) is 11.3. The van der Waals surface area contributed by atoms with Gasteiger partial charge in [-0.05, 0) is 6.42 Å². The smallest absolute Gasteiger partial charge is 0.406 e. The number of methoxy groups -OCH3 is 1. The molecule has 108 valence electrons. The fourth-order valence-electron chi connectivity index (χ4n) is 1.26. The van der Waals surface area contributed by atoms with E-state index in [1.54, 1.807) is 0 Å². The van der Waals surface area contributed by atoms with Crippen LogP contribution in [-0.4, -0.2) is 57.4 Å². The number of unbranched alkanes of at least 4 members (excludes halogenated alkanes) is 1. The van der Waals surface area contributed by atoms with E-state index in [1.807, 2.05) is 0 Å². The van der Waals surface area contributed by atoms with Gasteiger partial charge in [0.15, 0.2) is 0 Å². The molecule has 0 aliphatic heterocycles. The molecule has 0 spiro atoms. The Bertz CT molecular complexity index is 201. The molecule has 0 aromatic carbocycles. The molecule has 1 atom stereocenters. The minimum atomic E-state index is -0.464. The average molecular weight is 263 g/mol. The van der Waals surface area contributed by atoms with Crippen LogP contribution in [0.1, 0.15) is 26.2 Å². The van der Waals surface area contributed by atoms with E-state index in [9.17, 15) is 9.90 Å². The Balaban J connectivity index is 3.13. The summed E-state index contributed by atoms with van der Waals surface area (Å²) in [6.07, 6.45) is 2.02. The lowest BCUT2D eigenvalue weighted by Crippen LogP contribution is -2.27. The predicted octanol–water partition coefficient (Wildman–Crippen LogP) is 0.927. The molecular weight excluding hydrogens is 238 g/mol. The Hall–Kier alpha value is -0.850. The Morgan fingerprint density at radius 2 is 2.00 bits per heavy atom. The normalized spacial score (nSPS) is 12.2. The monoisotopic (exact) mass is 263 g/mol. The average Bonchev–Trinajstić information content (AvgIpc) is 2.38. The van der Waals surface area contributed by atoms with Crippen molar-refractivity contribution in [2.24, 2.45) is 0 Å². The maximum Gasteiger partial charge on any atom is 0.406 e. The van der Waals surface area contributed by atoms with Crippen LogP contribution in [0.3, 0.4) is 0 Å². The molecule has 0 aliphatic carbocycles. The Morgan fingerprint density at radius 1 is 1.28 bits per heavy atom. The minimum absolute atomic E-state index is 0.351. The van der Waals surface area contributed by atoms with Gasteiger partial charge < -0.3 is 24.6 Å². The molecule has 0 saturated heterocycles. The molecule has 1 unspecified atom stereocenters. The summed E-state index contributed by atoms with van der Waals surface area (Å²) >= 11 is 0. The van der Waals surface area contributed by atoms with E-state index in [4.69, 9.17) is 9.47 Å². The van der Waals surface area contributed by atoms with E-state index in [0.29, 0.717) is 33.0 Å². The highest BCUT2D eigenvalue weighted by atomic mass is 16.5. The van der Waals surface area contributed by atoms with Crippen molar-refractivity contribution in [1.29, 1.82) is 0 Å². The molecule has 0 aromatic rings. The van der Waals surface area contributed by atoms with E-state index >= 15 is 0 Å². The fourth-order valence-corrected chi connectivity index (χ4v) is 1.26. The first kappa shape index (κ1) is 17.2. The molecule has 0 aromatic heterocycles. The van der Waals surface area contributed by atoms with Crippen molar-refractivity contribution < 1.29 is 24.1 Å². The summed E-state index contributed by atoms with van der Waals surface area (Å²) in [6.45, 7) is 4.15. The van der Waals surface area contributed by atoms with Crippen molar-refractivity contribution in [1.82, 2.24) is 5.32 Å². The first-order chi connectivity index (χ1) is 8.70. The quantitative estimate of drug-likeness (QED) is 0.542. The molecule has 0 bridgehead atoms. The molecule has 0 heterocycles. The number of carbonyl (C=O) groups is 1. The van der Waals surface area contributed by atoms with Crippen LogP contribution in [0.4, 0.5) is 4.79 Å². The van der Waals surface area contributed by atoms with Crippen LogP contribution < -0.4 is 5.32 Å². The molecule has 0 saturated carbocycles. The van der Waals surface area contributed by atoms with Crippen LogP contribution in [0.15, 0.2) is 0 Å². The van der Waals surface area contributed by atoms with Gasteiger partial charge >= 0.3 is 6.09 Å². The number of ether oxygens (including phenoxy) is 3. The van der Waals surface area contributed by atoms with Gasteiger partial charge in [0.2, 0.25) is 0 Å². The lowest BCUT2D eigenvalue weighted by molar-refractivity contribution is 0.00141. The first-order valence-corrected chi connectivity index (χ1v) is 6.36. The predicted molar refractivity (Wildman–Crippen MR) is 67.6 cm³/mol. The lowest BCUT2D eigenvalue weighted by Gasteiger charge is -2.10. The summed E-state index contributed by atoms with van der Waals surface area (Å²) in [6, 6.07) is 0. The highest BCUT2D eigenvalue weighted by molar-refractivity contribution is 5.66. The van der Waals surface area contributed by atoms with Gasteiger partial charge in [0.05, 0.1) is 39.6 Å². The summed E-state index contributed by atoms with van der Waals surface area (Å²) < 4.78 is 14.9. The highest BCUT2D eigenvalue weighted by Crippen LogP contribution is 2.00. The van der Waals surface area contributed by atoms with Crippen LogP contribution in [0.5, 0.6) is 0 Å². The third kappa shape index (κ3) is 11.6. The highest BCUT2D eigenvalue weighted by Gasteiger charge is 2.02. The largest absolute Gasteiger partial charge is 0.453 e. The summed E-state index contributed by atoms with van der Waals surface area (Å²) in [5, 5.41) is 12.0. The number of hydrogen-bond acceptors (Lipinski definition) is 5. The Morgan fingerprint density at radius 3 is 2.67 bits per heavy atom. The standard InChI is InChI=1S/C12H25NO5/c1-3-4-5-11(14)10-18-9-8-17-7-6-13-12(15)16-2/h11,14H,3-10H2,1-2H3,(H,13,15). The molecular formula is C12H25NO5. The van der Waals surface area contributed by atoms with Gasteiger partial charge in [-0.3, -0.25) is 0 Å². The van der Waals surface area contributed by atoms with Crippen molar-refractivity contribution in [2.75, 3.05) is 40.1 Å². The number of aliphatic hydroxyl groups is 1. The van der Waals surface area contributed by atoms with Gasteiger partial charge in [0.1, 0.15) is 0 Å². The van der Waals surface area contributed by atoms with Crippen molar-refractivity contribution in [3.05, 3.63) is 0 Å². The summed E-state index contributed by atoms with van der Waals surface area (Å²) in [7, 11) is 1.31. The van der Waals surface area contributed by atoms with Crippen molar-refractivity contribution in [3.63, 3.8) is 0 Å². The maximum absolute atomic E-state index is 10.7. The first-order valence-electron chi connectivity index (χ1n) is 6.36. The van der Waals surface area contributed by atoms with E-state index in [2.05, 4.69) is 17.0 Å². The number of amides is 1. The van der Waals surface area contributed by atoms with Crippen LogP contribution in [-0.2, 0) is 14.2 Å². The van der Waals surface area contributed by atoms with Gasteiger partial charge in [0, 0.05) is 6.54 Å². The van der Waals surface area contributed by atoms with E-state index in [0.717, 1.165) is 19.3 Å². The number of alkyl carbamates (subject to hydrolysis) is 1. The Kier molecular flexibility index (Phi) is 12.0. The molecule has 0 fully saturated rings. The number of carbonyl (C=O) groups excluding carboxylic acids is 1. The molecule has 6 nitrogen and oxygen atoms in total. The van der Waals surface area contributed by atoms with Gasteiger partial charge in [-0.15, -0.1) is 0 Å². The molecule has 18 heavy (non-hydrogen) atoms. The second kappa shape index (κ2) is 12.6. The number of aliphatic hydroxyl groups excluding tert-OH is 1. The van der Waals surface area contributed by atoms with E-state index in [-0.39, 0.29) is 6.10 Å². The second-order valence-corrected chi connectivity index (χ2v) is 3.90. The van der Waals surface area contributed by atoms with Gasteiger partial charge in [-0.1, -0.05) is 19.8 Å². The van der Waals surface area contributed by atoms with Crippen LogP contribution in [0, 0.1) is 0 Å². The zero-order valence-corrected chi connectivity index (χ0v) is 11.3. The van der Waals surface area contributed by atoms with Crippen LogP contribution in [0.25, 0.3) is 0 Å². The third-order valence-electron chi connectivity index (χ3n) is 2.27. The fraction of sp³-hybridized carbons (Fsp3) is 0.917. The second-order valence-electron chi connectivity index (χ2n) is 3.90. The molecule has 1 amide bonds. The maximum atomic E-state index is 10.7. The number of hydrogen-bond donors (Lipinski definition) is 2. The third-order valence-corrected chi connectivity index (χ3v) is 2.27.